The zero-order valence-corrected chi connectivity index (χ0v) is 37.8. The van der Waals surface area contributed by atoms with E-state index >= 15 is 0 Å². The molecule has 4 fully saturated rings. The SMILES string of the molecule is O=C(c1ccc(Nc2ncc3c(C4COCCN4C(=O)c4ccc(Nc5ncc6cc7n(c6n5)C5(CCCCC5)C(=O)NN7)cc4)c4n(c3n2)C2(CCCCC2)C(=O)NN4)cc1)N1CCCCC1. The van der Waals surface area contributed by atoms with Crippen molar-refractivity contribution in [3.05, 3.63) is 83.7 Å². The van der Waals surface area contributed by atoms with Gasteiger partial charge in [0.05, 0.1) is 19.3 Å². The van der Waals surface area contributed by atoms with Crippen molar-refractivity contribution in [2.75, 3.05) is 54.3 Å². The van der Waals surface area contributed by atoms with E-state index in [2.05, 4.69) is 37.3 Å². The Labute approximate surface area is 391 Å². The number of hydrogen-bond acceptors (Lipinski definition) is 13. The number of nitrogens with zero attached hydrogens (tertiary/aromatic N) is 8. The zero-order chi connectivity index (χ0) is 46.0. The van der Waals surface area contributed by atoms with E-state index in [4.69, 9.17) is 19.7 Å². The van der Waals surface area contributed by atoms with Gasteiger partial charge in [0.2, 0.25) is 11.9 Å². The Kier molecular flexibility index (Phi) is 10.4. The molecule has 6 aromatic rings. The molecule has 68 heavy (non-hydrogen) atoms. The number of amides is 4. The Hall–Kier alpha value is -7.28. The van der Waals surface area contributed by atoms with Crippen molar-refractivity contribution in [2.45, 2.75) is 101 Å². The van der Waals surface area contributed by atoms with E-state index in [0.717, 1.165) is 106 Å². The molecule has 12 rings (SSSR count). The topological polar surface area (TPSA) is 218 Å². The van der Waals surface area contributed by atoms with E-state index in [1.165, 1.54) is 0 Å². The quantitative estimate of drug-likeness (QED) is 0.0980. The van der Waals surface area contributed by atoms with Crippen molar-refractivity contribution >= 4 is 80.6 Å². The maximum Gasteiger partial charge on any atom is 0.264 e. The number of aromatic nitrogens is 6. The Morgan fingerprint density at radius 1 is 0.632 bits per heavy atom. The predicted molar refractivity (Wildman–Crippen MR) is 255 cm³/mol. The second-order valence-electron chi connectivity index (χ2n) is 19.1. The first-order valence-corrected chi connectivity index (χ1v) is 24.2. The highest BCUT2D eigenvalue weighted by molar-refractivity contribution is 5.99. The van der Waals surface area contributed by atoms with Gasteiger partial charge in [-0.2, -0.15) is 9.97 Å². The number of carbonyl (C=O) groups is 4. The van der Waals surface area contributed by atoms with Gasteiger partial charge in [0.25, 0.3) is 23.6 Å². The Morgan fingerprint density at radius 3 is 1.87 bits per heavy atom. The van der Waals surface area contributed by atoms with Crippen LogP contribution in [0.2, 0.25) is 0 Å². The van der Waals surface area contributed by atoms with E-state index in [0.29, 0.717) is 77.2 Å². The molecule has 19 nitrogen and oxygen atoms in total. The van der Waals surface area contributed by atoms with Gasteiger partial charge in [-0.25, -0.2) is 9.97 Å². The number of rotatable bonds is 7. The van der Waals surface area contributed by atoms with Gasteiger partial charge in [-0.15, -0.1) is 0 Å². The lowest BCUT2D eigenvalue weighted by Crippen LogP contribution is -2.56. The first kappa shape index (κ1) is 42.1. The maximum absolute atomic E-state index is 14.7. The highest BCUT2D eigenvalue weighted by Crippen LogP contribution is 2.48. The summed E-state index contributed by atoms with van der Waals surface area (Å²) < 4.78 is 10.2. The lowest BCUT2D eigenvalue weighted by Gasteiger charge is -2.42. The molecule has 2 saturated carbocycles. The van der Waals surface area contributed by atoms with E-state index in [-0.39, 0.29) is 30.2 Å². The number of nitrogens with one attached hydrogen (secondary N) is 6. The second-order valence-corrected chi connectivity index (χ2v) is 19.1. The lowest BCUT2D eigenvalue weighted by molar-refractivity contribution is -0.132. The van der Waals surface area contributed by atoms with Crippen molar-refractivity contribution < 1.29 is 23.9 Å². The number of benzene rings is 2. The second kappa shape index (κ2) is 16.8. The van der Waals surface area contributed by atoms with E-state index in [1.807, 2.05) is 61.4 Å². The Morgan fingerprint density at radius 2 is 1.21 bits per heavy atom. The lowest BCUT2D eigenvalue weighted by atomic mass is 9.80. The summed E-state index contributed by atoms with van der Waals surface area (Å²) in [5.41, 5.74) is 15.1. The van der Waals surface area contributed by atoms with Crippen molar-refractivity contribution in [2.24, 2.45) is 0 Å². The molecule has 1 unspecified atom stereocenters. The summed E-state index contributed by atoms with van der Waals surface area (Å²) in [5.74, 6) is 1.87. The largest absolute Gasteiger partial charge is 0.377 e. The van der Waals surface area contributed by atoms with Gasteiger partial charge in [0, 0.05) is 70.9 Å². The molecule has 350 valence electrons. The molecule has 0 bridgehead atoms. The third-order valence-corrected chi connectivity index (χ3v) is 15.1. The summed E-state index contributed by atoms with van der Waals surface area (Å²) in [4.78, 5) is 78.4. The molecule has 2 aromatic carbocycles. The Balaban J connectivity index is 0.836. The molecule has 4 aliphatic heterocycles. The number of likely N-dealkylation sites (tertiary alicyclic amines) is 1. The van der Waals surface area contributed by atoms with E-state index < -0.39 is 17.1 Å². The summed E-state index contributed by atoms with van der Waals surface area (Å²) in [6.45, 7) is 2.49. The van der Waals surface area contributed by atoms with Crippen LogP contribution in [0.15, 0.2) is 67.0 Å². The van der Waals surface area contributed by atoms with E-state index in [9.17, 15) is 19.2 Å². The van der Waals surface area contributed by atoms with Crippen LogP contribution < -0.4 is 32.3 Å². The minimum atomic E-state index is -0.886. The molecule has 6 aliphatic rings. The molecule has 2 aliphatic carbocycles. The summed E-state index contributed by atoms with van der Waals surface area (Å²) in [6.07, 6.45) is 15.3. The maximum atomic E-state index is 14.7. The van der Waals surface area contributed by atoms with Gasteiger partial charge in [-0.05, 0) is 99.5 Å². The minimum absolute atomic E-state index is 0.0391. The number of fused-ring (bicyclic) bond motifs is 8. The van der Waals surface area contributed by atoms with Crippen LogP contribution in [0.5, 0.6) is 0 Å². The molecule has 4 aromatic heterocycles. The van der Waals surface area contributed by atoms with Gasteiger partial charge < -0.3 is 25.2 Å². The molecule has 4 amide bonds. The van der Waals surface area contributed by atoms with Gasteiger partial charge in [-0.3, -0.25) is 50.0 Å². The van der Waals surface area contributed by atoms with Gasteiger partial charge in [-0.1, -0.05) is 38.5 Å². The van der Waals surface area contributed by atoms with Crippen LogP contribution in [0, 0.1) is 0 Å². The standard InChI is InChI=1S/C49H54N14O5/c64-42(60-22-8-3-9-23-60)30-10-14-33(15-11-30)53-47-51-28-35-38(41-57-59-45(67)49(20-6-2-7-21-49)63(41)40(35)55-47)36-29-68-25-24-61(36)43(65)31-12-16-34(17-13-31)52-46-50-27-32-26-37-56-58-44(66)48(18-4-1-5-19-48)62(37)39(32)54-46/h10-17,26-28,36,56-57H,1-9,18-25,29H2,(H,58,66)(H,59,67)(H,50,52,54)(H,51,53,55). The molecule has 8 heterocycles. The average molecular weight is 919 g/mol. The van der Waals surface area contributed by atoms with Crippen LogP contribution in [-0.4, -0.2) is 95.3 Å². The number of anilines is 6. The van der Waals surface area contributed by atoms with Crippen molar-refractivity contribution in [1.29, 1.82) is 0 Å². The van der Waals surface area contributed by atoms with Crippen molar-refractivity contribution in [3.63, 3.8) is 0 Å². The number of carbonyl (C=O) groups excluding carboxylic acids is 4. The number of morpholine rings is 1. The van der Waals surface area contributed by atoms with Crippen molar-refractivity contribution in [3.8, 4) is 0 Å². The summed E-state index contributed by atoms with van der Waals surface area (Å²) >= 11 is 0. The molecule has 19 heteroatoms. The normalized spacial score (nSPS) is 20.8. The van der Waals surface area contributed by atoms with Crippen molar-refractivity contribution in [1.82, 2.24) is 49.7 Å². The number of hydrogen-bond donors (Lipinski definition) is 6. The van der Waals surface area contributed by atoms with Gasteiger partial charge >= 0.3 is 0 Å². The highest BCUT2D eigenvalue weighted by Gasteiger charge is 2.49. The number of hydrazine groups is 2. The zero-order valence-electron chi connectivity index (χ0n) is 37.8. The predicted octanol–water partition coefficient (Wildman–Crippen LogP) is 6.74. The molecule has 1 atom stereocenters. The molecular weight excluding hydrogens is 865 g/mol. The van der Waals surface area contributed by atoms with Gasteiger partial charge in [0.1, 0.15) is 34.0 Å². The minimum Gasteiger partial charge on any atom is -0.377 e. The van der Waals surface area contributed by atoms with Crippen LogP contribution in [0.1, 0.15) is 116 Å². The molecule has 2 spiro atoms. The average Bonchev–Trinajstić information content (AvgIpc) is 3.93. The molecular formula is C49H54N14O5. The van der Waals surface area contributed by atoms with Gasteiger partial charge in [0.15, 0.2) is 0 Å². The van der Waals surface area contributed by atoms with Crippen LogP contribution in [0.3, 0.4) is 0 Å². The highest BCUT2D eigenvalue weighted by atomic mass is 16.5. The third-order valence-electron chi connectivity index (χ3n) is 15.1. The van der Waals surface area contributed by atoms with Crippen LogP contribution in [0.25, 0.3) is 22.1 Å². The van der Waals surface area contributed by atoms with E-state index in [1.54, 1.807) is 24.5 Å². The third kappa shape index (κ3) is 6.95. The number of ether oxygens (including phenoxy) is 1. The summed E-state index contributed by atoms with van der Waals surface area (Å²) in [7, 11) is 0. The first-order valence-electron chi connectivity index (χ1n) is 24.2. The van der Waals surface area contributed by atoms with Crippen LogP contribution in [0.4, 0.5) is 34.9 Å². The fourth-order valence-corrected chi connectivity index (χ4v) is 11.6. The summed E-state index contributed by atoms with van der Waals surface area (Å²) in [6, 6.07) is 16.1. The smallest absolute Gasteiger partial charge is 0.264 e. The monoisotopic (exact) mass is 918 g/mol. The fourth-order valence-electron chi connectivity index (χ4n) is 11.6. The van der Waals surface area contributed by atoms with Crippen LogP contribution >= 0.6 is 0 Å². The summed E-state index contributed by atoms with van der Waals surface area (Å²) in [5, 5.41) is 8.19. The molecule has 2 saturated heterocycles. The fraction of sp³-hybridized carbons (Fsp3) is 0.429. The molecule has 0 radical (unpaired) electrons. The first-order chi connectivity index (χ1) is 33.3. The van der Waals surface area contributed by atoms with Crippen LogP contribution in [-0.2, 0) is 25.4 Å². The Bertz CT molecular complexity index is 2970. The number of piperidine rings is 1. The molecule has 6 N–H and O–H groups in total.